The van der Waals surface area contributed by atoms with Crippen molar-refractivity contribution in [1.82, 2.24) is 4.98 Å². The number of ether oxygens (including phenoxy) is 1. The molecule has 3 aromatic rings. The van der Waals surface area contributed by atoms with Crippen LogP contribution in [0.1, 0.15) is 21.6 Å². The van der Waals surface area contributed by atoms with E-state index < -0.39 is 5.97 Å². The van der Waals surface area contributed by atoms with Gasteiger partial charge in [0.15, 0.2) is 0 Å². The van der Waals surface area contributed by atoms with Crippen LogP contribution in [0, 0.1) is 13.8 Å². The molecule has 5 nitrogen and oxygen atoms in total. The molecule has 106 valence electrons. The molecule has 2 aromatic heterocycles. The van der Waals surface area contributed by atoms with Crippen LogP contribution in [0.5, 0.6) is 0 Å². The lowest BCUT2D eigenvalue weighted by Gasteiger charge is -2.06. The Hall–Kier alpha value is -2.69. The maximum atomic E-state index is 12.5. The summed E-state index contributed by atoms with van der Waals surface area (Å²) in [6.45, 7) is 3.59. The highest BCUT2D eigenvalue weighted by atomic mass is 16.5. The van der Waals surface area contributed by atoms with Crippen LogP contribution in [0.15, 0.2) is 33.5 Å². The Morgan fingerprint density at radius 2 is 1.95 bits per heavy atom. The Labute approximate surface area is 120 Å². The fourth-order valence-electron chi connectivity index (χ4n) is 2.29. The van der Waals surface area contributed by atoms with E-state index in [1.165, 1.54) is 13.2 Å². The first-order valence-corrected chi connectivity index (χ1v) is 6.44. The van der Waals surface area contributed by atoms with E-state index in [0.29, 0.717) is 16.7 Å². The number of pyridine rings is 1. The summed E-state index contributed by atoms with van der Waals surface area (Å²) in [5.74, 6) is -0.523. The summed E-state index contributed by atoms with van der Waals surface area (Å²) in [5, 5.41) is 0.743. The molecule has 0 atom stereocenters. The fourth-order valence-corrected chi connectivity index (χ4v) is 2.29. The smallest absolute Gasteiger partial charge is 0.339 e. The molecule has 0 unspecified atom stereocenters. The van der Waals surface area contributed by atoms with Gasteiger partial charge in [-0.15, -0.1) is 0 Å². The number of hydrogen-bond acceptors (Lipinski definition) is 5. The van der Waals surface area contributed by atoms with E-state index in [0.717, 1.165) is 5.56 Å². The maximum Gasteiger partial charge on any atom is 0.339 e. The van der Waals surface area contributed by atoms with Gasteiger partial charge in [0, 0.05) is 0 Å². The van der Waals surface area contributed by atoms with Crippen molar-refractivity contribution in [2.75, 3.05) is 7.11 Å². The number of benzene rings is 1. The van der Waals surface area contributed by atoms with Gasteiger partial charge in [-0.25, -0.2) is 9.78 Å². The third-order valence-electron chi connectivity index (χ3n) is 3.42. The van der Waals surface area contributed by atoms with Gasteiger partial charge in [0.05, 0.1) is 29.1 Å². The van der Waals surface area contributed by atoms with Gasteiger partial charge in [0.2, 0.25) is 11.1 Å². The lowest BCUT2D eigenvalue weighted by molar-refractivity contribution is 0.0599. The van der Waals surface area contributed by atoms with Crippen molar-refractivity contribution in [2.24, 2.45) is 0 Å². The number of aryl methyl sites for hydroxylation is 2. The van der Waals surface area contributed by atoms with Crippen LogP contribution in [0.2, 0.25) is 0 Å². The van der Waals surface area contributed by atoms with E-state index in [9.17, 15) is 9.59 Å². The fraction of sp³-hybridized carbons (Fsp3) is 0.188. The molecule has 0 radical (unpaired) electrons. The van der Waals surface area contributed by atoms with Crippen LogP contribution in [0.4, 0.5) is 0 Å². The predicted molar refractivity (Wildman–Crippen MR) is 78.6 cm³/mol. The van der Waals surface area contributed by atoms with Crippen molar-refractivity contribution in [3.8, 4) is 0 Å². The molecular formula is C16H13NO4. The van der Waals surface area contributed by atoms with Gasteiger partial charge in [-0.3, -0.25) is 4.79 Å². The number of rotatable bonds is 1. The van der Waals surface area contributed by atoms with Crippen LogP contribution in [-0.2, 0) is 4.74 Å². The molecule has 2 heterocycles. The summed E-state index contributed by atoms with van der Waals surface area (Å²) >= 11 is 0. The summed E-state index contributed by atoms with van der Waals surface area (Å²) in [7, 11) is 1.29. The van der Waals surface area contributed by atoms with Gasteiger partial charge in [0.1, 0.15) is 5.58 Å². The van der Waals surface area contributed by atoms with Crippen molar-refractivity contribution < 1.29 is 13.9 Å². The maximum absolute atomic E-state index is 12.5. The minimum absolute atomic E-state index is 0.205. The van der Waals surface area contributed by atoms with E-state index in [-0.39, 0.29) is 22.1 Å². The molecule has 0 saturated carbocycles. The molecule has 1 aromatic carbocycles. The summed E-state index contributed by atoms with van der Waals surface area (Å²) in [4.78, 5) is 28.4. The Morgan fingerprint density at radius 3 is 2.67 bits per heavy atom. The highest BCUT2D eigenvalue weighted by molar-refractivity contribution is 5.96. The number of hydrogen-bond donors (Lipinski definition) is 0. The first kappa shape index (κ1) is 13.3. The van der Waals surface area contributed by atoms with Crippen LogP contribution >= 0.6 is 0 Å². The normalized spacial score (nSPS) is 11.0. The largest absolute Gasteiger partial charge is 0.465 e. The molecule has 0 aliphatic rings. The van der Waals surface area contributed by atoms with Crippen molar-refractivity contribution in [1.29, 1.82) is 0 Å². The number of esters is 1. The zero-order valence-corrected chi connectivity index (χ0v) is 11.9. The lowest BCUT2D eigenvalue weighted by atomic mass is 10.1. The summed E-state index contributed by atoms with van der Waals surface area (Å²) in [6, 6.07) is 6.83. The molecule has 0 amide bonds. The molecule has 0 saturated heterocycles. The van der Waals surface area contributed by atoms with E-state index in [1.54, 1.807) is 19.1 Å². The molecule has 0 aliphatic heterocycles. The number of methoxy groups -OCH3 is 1. The van der Waals surface area contributed by atoms with Crippen molar-refractivity contribution in [2.45, 2.75) is 13.8 Å². The van der Waals surface area contributed by atoms with Crippen molar-refractivity contribution >= 4 is 28.0 Å². The second-order valence-electron chi connectivity index (χ2n) is 4.90. The van der Waals surface area contributed by atoms with Crippen molar-refractivity contribution in [3.05, 3.63) is 51.3 Å². The van der Waals surface area contributed by atoms with Gasteiger partial charge in [-0.2, -0.15) is 0 Å². The highest BCUT2D eigenvalue weighted by Crippen LogP contribution is 2.20. The Bertz CT molecular complexity index is 940. The summed E-state index contributed by atoms with van der Waals surface area (Å²) in [6.07, 6.45) is 0. The quantitative estimate of drug-likeness (QED) is 0.507. The van der Waals surface area contributed by atoms with E-state index in [4.69, 9.17) is 9.15 Å². The summed E-state index contributed by atoms with van der Waals surface area (Å²) < 4.78 is 10.4. The summed E-state index contributed by atoms with van der Waals surface area (Å²) in [5.41, 5.74) is 2.23. The number of nitrogens with zero attached hydrogens (tertiary/aromatic N) is 1. The van der Waals surface area contributed by atoms with Crippen LogP contribution in [-0.4, -0.2) is 18.1 Å². The van der Waals surface area contributed by atoms with E-state index >= 15 is 0 Å². The zero-order chi connectivity index (χ0) is 15.1. The Morgan fingerprint density at radius 1 is 1.19 bits per heavy atom. The monoisotopic (exact) mass is 283 g/mol. The van der Waals surface area contributed by atoms with Gasteiger partial charge in [-0.05, 0) is 37.6 Å². The van der Waals surface area contributed by atoms with Crippen LogP contribution in [0.3, 0.4) is 0 Å². The van der Waals surface area contributed by atoms with Gasteiger partial charge in [-0.1, -0.05) is 6.07 Å². The standard InChI is InChI=1S/C16H13NO4/c1-8-4-5-10-13(6-8)21-15-12(14(10)18)7-11(9(2)17-15)16(19)20-3/h4-7H,1-3H3. The zero-order valence-electron chi connectivity index (χ0n) is 11.9. The molecule has 0 spiro atoms. The molecule has 0 bridgehead atoms. The third kappa shape index (κ3) is 2.07. The first-order valence-electron chi connectivity index (χ1n) is 6.44. The molecule has 5 heteroatoms. The number of fused-ring (bicyclic) bond motifs is 2. The van der Waals surface area contributed by atoms with Gasteiger partial charge < -0.3 is 9.15 Å². The minimum Gasteiger partial charge on any atom is -0.465 e. The highest BCUT2D eigenvalue weighted by Gasteiger charge is 2.16. The molecular weight excluding hydrogens is 270 g/mol. The number of carbonyl (C=O) groups excluding carboxylic acids is 1. The SMILES string of the molecule is COC(=O)c1cc2c(=O)c3ccc(C)cc3oc2nc1C. The average molecular weight is 283 g/mol. The third-order valence-corrected chi connectivity index (χ3v) is 3.42. The topological polar surface area (TPSA) is 69.4 Å². The van der Waals surface area contributed by atoms with Gasteiger partial charge in [0.25, 0.3) is 0 Å². The Kier molecular flexibility index (Phi) is 2.97. The number of carbonyl (C=O) groups is 1. The molecule has 3 rings (SSSR count). The predicted octanol–water partition coefficient (Wildman–Crippen LogP) is 2.74. The number of aromatic nitrogens is 1. The van der Waals surface area contributed by atoms with E-state index in [1.807, 2.05) is 13.0 Å². The van der Waals surface area contributed by atoms with Crippen molar-refractivity contribution in [3.63, 3.8) is 0 Å². The first-order chi connectivity index (χ1) is 10.0. The van der Waals surface area contributed by atoms with Crippen LogP contribution in [0.25, 0.3) is 22.1 Å². The second kappa shape index (κ2) is 4.70. The molecule has 0 N–H and O–H groups in total. The van der Waals surface area contributed by atoms with Crippen LogP contribution < -0.4 is 5.43 Å². The van der Waals surface area contributed by atoms with E-state index in [2.05, 4.69) is 4.98 Å². The lowest BCUT2D eigenvalue weighted by Crippen LogP contribution is -2.09. The minimum atomic E-state index is -0.523. The molecule has 0 fully saturated rings. The molecule has 21 heavy (non-hydrogen) atoms. The van der Waals surface area contributed by atoms with Gasteiger partial charge >= 0.3 is 5.97 Å². The second-order valence-corrected chi connectivity index (χ2v) is 4.90. The molecule has 0 aliphatic carbocycles. The average Bonchev–Trinajstić information content (AvgIpc) is 2.45. The Balaban J connectivity index is 2.43.